The number of pyridine rings is 1. The minimum atomic E-state index is -0.0248. The molecule has 1 unspecified atom stereocenters. The first-order valence-electron chi connectivity index (χ1n) is 6.68. The molecule has 1 atom stereocenters. The molecule has 0 bridgehead atoms. The van der Waals surface area contributed by atoms with Crippen LogP contribution in [0.1, 0.15) is 31.0 Å². The number of rotatable bonds is 4. The first kappa shape index (κ1) is 13.6. The number of anilines is 2. The number of hydrogen-bond acceptors (Lipinski definition) is 3. The summed E-state index contributed by atoms with van der Waals surface area (Å²) >= 11 is 0. The monoisotopic (exact) mass is 255 g/mol. The predicted octanol–water partition coefficient (Wildman–Crippen LogP) is 3.57. The molecule has 0 saturated carbocycles. The van der Waals surface area contributed by atoms with E-state index in [1.54, 1.807) is 0 Å². The molecular weight excluding hydrogens is 234 g/mol. The van der Waals surface area contributed by atoms with E-state index in [9.17, 15) is 0 Å². The highest BCUT2D eigenvalue weighted by Crippen LogP contribution is 2.29. The number of nitrogens with two attached hydrogens (primary N) is 1. The highest BCUT2D eigenvalue weighted by Gasteiger charge is 2.14. The fourth-order valence-electron chi connectivity index (χ4n) is 2.17. The summed E-state index contributed by atoms with van der Waals surface area (Å²) in [4.78, 5) is 6.71. The zero-order valence-electron chi connectivity index (χ0n) is 11.8. The van der Waals surface area contributed by atoms with E-state index in [2.05, 4.69) is 48.0 Å². The van der Waals surface area contributed by atoms with Crippen molar-refractivity contribution in [2.45, 2.75) is 26.8 Å². The van der Waals surface area contributed by atoms with Gasteiger partial charge in [0, 0.05) is 30.0 Å². The smallest absolute Gasteiger partial charge is 0.137 e. The summed E-state index contributed by atoms with van der Waals surface area (Å²) in [5, 5.41) is 0. The maximum atomic E-state index is 6.04. The van der Waals surface area contributed by atoms with Crippen molar-refractivity contribution in [3.05, 3.63) is 53.7 Å². The Morgan fingerprint density at radius 2 is 1.89 bits per heavy atom. The summed E-state index contributed by atoms with van der Waals surface area (Å²) < 4.78 is 0. The minimum Gasteiger partial charge on any atom is -0.326 e. The molecule has 0 spiro atoms. The molecular formula is C16H21N3. The normalized spacial score (nSPS) is 12.2. The lowest BCUT2D eigenvalue weighted by atomic mass is 10.1. The van der Waals surface area contributed by atoms with Gasteiger partial charge in [0.2, 0.25) is 0 Å². The van der Waals surface area contributed by atoms with Crippen LogP contribution in [0.15, 0.2) is 42.6 Å². The van der Waals surface area contributed by atoms with Gasteiger partial charge >= 0.3 is 0 Å². The SMILES string of the molecule is CCN(c1ccc(C)cc1)c1ncccc1C(C)N. The third kappa shape index (κ3) is 2.93. The van der Waals surface area contributed by atoms with Crippen molar-refractivity contribution >= 4 is 11.5 Å². The molecule has 19 heavy (non-hydrogen) atoms. The van der Waals surface area contributed by atoms with E-state index in [-0.39, 0.29) is 6.04 Å². The molecule has 0 radical (unpaired) electrons. The second kappa shape index (κ2) is 5.85. The topological polar surface area (TPSA) is 42.2 Å². The highest BCUT2D eigenvalue weighted by molar-refractivity contribution is 5.63. The molecule has 0 aliphatic carbocycles. The third-order valence-electron chi connectivity index (χ3n) is 3.22. The van der Waals surface area contributed by atoms with Crippen molar-refractivity contribution in [3.63, 3.8) is 0 Å². The van der Waals surface area contributed by atoms with Gasteiger partial charge in [-0.3, -0.25) is 0 Å². The summed E-state index contributed by atoms with van der Waals surface area (Å²) in [5.41, 5.74) is 9.52. The molecule has 0 aliphatic rings. The fourth-order valence-corrected chi connectivity index (χ4v) is 2.17. The van der Waals surface area contributed by atoms with E-state index in [0.29, 0.717) is 0 Å². The lowest BCUT2D eigenvalue weighted by Crippen LogP contribution is -2.21. The van der Waals surface area contributed by atoms with Crippen LogP contribution in [0.5, 0.6) is 0 Å². The Morgan fingerprint density at radius 3 is 2.47 bits per heavy atom. The first-order chi connectivity index (χ1) is 9.13. The maximum absolute atomic E-state index is 6.04. The third-order valence-corrected chi connectivity index (χ3v) is 3.22. The molecule has 3 nitrogen and oxygen atoms in total. The van der Waals surface area contributed by atoms with E-state index in [1.165, 1.54) is 5.56 Å². The lowest BCUT2D eigenvalue weighted by molar-refractivity contribution is 0.801. The van der Waals surface area contributed by atoms with Crippen molar-refractivity contribution in [3.8, 4) is 0 Å². The summed E-state index contributed by atoms with van der Waals surface area (Å²) in [6.07, 6.45) is 1.82. The molecule has 0 amide bonds. The van der Waals surface area contributed by atoms with Gasteiger partial charge in [0.1, 0.15) is 5.82 Å². The number of aromatic nitrogens is 1. The summed E-state index contributed by atoms with van der Waals surface area (Å²) in [5.74, 6) is 0.948. The number of nitrogens with zero attached hydrogens (tertiary/aromatic N) is 2. The molecule has 100 valence electrons. The molecule has 1 aromatic carbocycles. The van der Waals surface area contributed by atoms with Crippen LogP contribution >= 0.6 is 0 Å². The predicted molar refractivity (Wildman–Crippen MR) is 80.7 cm³/mol. The van der Waals surface area contributed by atoms with Gasteiger partial charge in [-0.2, -0.15) is 0 Å². The van der Waals surface area contributed by atoms with Gasteiger partial charge in [-0.15, -0.1) is 0 Å². The van der Waals surface area contributed by atoms with Crippen LogP contribution in [0.4, 0.5) is 11.5 Å². The first-order valence-corrected chi connectivity index (χ1v) is 6.68. The average Bonchev–Trinajstić information content (AvgIpc) is 2.42. The molecule has 3 heteroatoms. The molecule has 2 aromatic rings. The van der Waals surface area contributed by atoms with E-state index in [4.69, 9.17) is 5.73 Å². The van der Waals surface area contributed by atoms with E-state index >= 15 is 0 Å². The van der Waals surface area contributed by atoms with Crippen LogP contribution in [-0.4, -0.2) is 11.5 Å². The van der Waals surface area contributed by atoms with Crippen molar-refractivity contribution in [1.82, 2.24) is 4.98 Å². The van der Waals surface area contributed by atoms with Crippen molar-refractivity contribution in [2.75, 3.05) is 11.4 Å². The molecule has 2 rings (SSSR count). The van der Waals surface area contributed by atoms with Crippen LogP contribution in [0.25, 0.3) is 0 Å². The van der Waals surface area contributed by atoms with Crippen molar-refractivity contribution in [2.24, 2.45) is 5.73 Å². The Morgan fingerprint density at radius 1 is 1.21 bits per heavy atom. The minimum absolute atomic E-state index is 0.0248. The molecule has 1 aromatic heterocycles. The lowest BCUT2D eigenvalue weighted by Gasteiger charge is -2.25. The number of hydrogen-bond donors (Lipinski definition) is 1. The van der Waals surface area contributed by atoms with Crippen molar-refractivity contribution < 1.29 is 0 Å². The Hall–Kier alpha value is -1.87. The van der Waals surface area contributed by atoms with Crippen LogP contribution in [-0.2, 0) is 0 Å². The van der Waals surface area contributed by atoms with Crippen LogP contribution in [0.2, 0.25) is 0 Å². The molecule has 0 fully saturated rings. The van der Waals surface area contributed by atoms with Gasteiger partial charge in [0.15, 0.2) is 0 Å². The summed E-state index contributed by atoms with van der Waals surface area (Å²) in [6, 6.07) is 12.4. The van der Waals surface area contributed by atoms with Crippen LogP contribution in [0, 0.1) is 6.92 Å². The Bertz CT molecular complexity index is 532. The van der Waals surface area contributed by atoms with Gasteiger partial charge in [0.25, 0.3) is 0 Å². The fraction of sp³-hybridized carbons (Fsp3) is 0.312. The van der Waals surface area contributed by atoms with Gasteiger partial charge in [-0.05, 0) is 39.0 Å². The van der Waals surface area contributed by atoms with Gasteiger partial charge < -0.3 is 10.6 Å². The number of aryl methyl sites for hydroxylation is 1. The van der Waals surface area contributed by atoms with Crippen LogP contribution in [0.3, 0.4) is 0 Å². The van der Waals surface area contributed by atoms with Crippen LogP contribution < -0.4 is 10.6 Å². The Labute approximate surface area is 115 Å². The van der Waals surface area contributed by atoms with Crippen molar-refractivity contribution in [1.29, 1.82) is 0 Å². The second-order valence-electron chi connectivity index (χ2n) is 4.78. The molecule has 0 aliphatic heterocycles. The maximum Gasteiger partial charge on any atom is 0.137 e. The van der Waals surface area contributed by atoms with Gasteiger partial charge in [-0.1, -0.05) is 23.8 Å². The van der Waals surface area contributed by atoms with Gasteiger partial charge in [0.05, 0.1) is 0 Å². The average molecular weight is 255 g/mol. The second-order valence-corrected chi connectivity index (χ2v) is 4.78. The molecule has 2 N–H and O–H groups in total. The quantitative estimate of drug-likeness (QED) is 0.908. The number of benzene rings is 1. The molecule has 0 saturated heterocycles. The van der Waals surface area contributed by atoms with E-state index < -0.39 is 0 Å². The largest absolute Gasteiger partial charge is 0.326 e. The zero-order chi connectivity index (χ0) is 13.8. The summed E-state index contributed by atoms with van der Waals surface area (Å²) in [7, 11) is 0. The highest BCUT2D eigenvalue weighted by atomic mass is 15.2. The molecule has 1 heterocycles. The van der Waals surface area contributed by atoms with E-state index in [0.717, 1.165) is 23.6 Å². The van der Waals surface area contributed by atoms with Gasteiger partial charge in [-0.25, -0.2) is 4.98 Å². The zero-order valence-corrected chi connectivity index (χ0v) is 11.8. The van der Waals surface area contributed by atoms with E-state index in [1.807, 2.05) is 25.3 Å². The standard InChI is InChI=1S/C16H21N3/c1-4-19(14-9-7-12(2)8-10-14)16-15(13(3)17)6-5-11-18-16/h5-11,13H,4,17H2,1-3H3. The summed E-state index contributed by atoms with van der Waals surface area (Å²) in [6.45, 7) is 7.07. The Balaban J connectivity index is 2.45. The Kier molecular flexibility index (Phi) is 4.17.